The first-order valence-electron chi connectivity index (χ1n) is 4.80. The number of carbonyl (C=O) groups is 1. The third kappa shape index (κ3) is 4.23. The highest BCUT2D eigenvalue weighted by molar-refractivity contribution is 6.35. The van der Waals surface area contributed by atoms with Gasteiger partial charge < -0.3 is 10.5 Å². The molecule has 1 aromatic heterocycles. The zero-order valence-electron chi connectivity index (χ0n) is 9.40. The molecule has 0 atom stereocenters. The van der Waals surface area contributed by atoms with Crippen LogP contribution in [0.15, 0.2) is 11.2 Å². The number of nitrogens with two attached hydrogens (primary N) is 1. The molecule has 1 aromatic rings. The summed E-state index contributed by atoms with van der Waals surface area (Å²) < 4.78 is 4.75. The lowest BCUT2D eigenvalue weighted by molar-refractivity contribution is -0.135. The molecule has 8 heteroatoms. The van der Waals surface area contributed by atoms with Crippen LogP contribution in [-0.2, 0) is 9.53 Å². The number of nitrogens with one attached hydrogen (secondary N) is 1. The minimum atomic E-state index is -0.506. The van der Waals surface area contributed by atoms with Crippen LogP contribution in [0.2, 0.25) is 5.15 Å². The third-order valence-electron chi connectivity index (χ3n) is 1.62. The highest BCUT2D eigenvalue weighted by atomic mass is 35.5. The molecule has 0 saturated heterocycles. The van der Waals surface area contributed by atoms with E-state index in [0.29, 0.717) is 5.82 Å². The lowest BCUT2D eigenvalue weighted by Crippen LogP contribution is -2.15. The second-order valence-electron chi connectivity index (χ2n) is 2.96. The van der Waals surface area contributed by atoms with E-state index in [1.807, 2.05) is 0 Å². The van der Waals surface area contributed by atoms with Crippen molar-refractivity contribution in [3.8, 4) is 0 Å². The third-order valence-corrected chi connectivity index (χ3v) is 1.81. The molecule has 92 valence electrons. The Kier molecular flexibility index (Phi) is 4.65. The maximum atomic E-state index is 11.2. The Morgan fingerprint density at radius 3 is 2.94 bits per heavy atom. The molecule has 0 aliphatic heterocycles. The van der Waals surface area contributed by atoms with Crippen LogP contribution >= 0.6 is 11.6 Å². The fourth-order valence-corrected chi connectivity index (χ4v) is 1.10. The minimum absolute atomic E-state index is 0.0176. The van der Waals surface area contributed by atoms with Gasteiger partial charge in [0.1, 0.15) is 10.9 Å². The number of nitrogens with zero attached hydrogens (tertiary/aromatic N) is 3. The van der Waals surface area contributed by atoms with Crippen molar-refractivity contribution >= 4 is 35.0 Å². The summed E-state index contributed by atoms with van der Waals surface area (Å²) in [6.45, 7) is 3.51. The first-order valence-corrected chi connectivity index (χ1v) is 5.18. The Morgan fingerprint density at radius 1 is 1.65 bits per heavy atom. The number of hydrogen-bond acceptors (Lipinski definition) is 7. The summed E-state index contributed by atoms with van der Waals surface area (Å²) in [5, 5.41) is 3.97. The number of ether oxygens (including phenoxy) is 1. The van der Waals surface area contributed by atoms with Gasteiger partial charge in [-0.25, -0.2) is 9.78 Å². The summed E-state index contributed by atoms with van der Waals surface area (Å²) in [4.78, 5) is 18.7. The predicted octanol–water partition coefficient (Wildman–Crippen LogP) is 1.06. The highest BCUT2D eigenvalue weighted by Gasteiger charge is 2.06. The molecule has 0 spiro atoms. The van der Waals surface area contributed by atoms with Crippen molar-refractivity contribution in [1.29, 1.82) is 0 Å². The highest BCUT2D eigenvalue weighted by Crippen LogP contribution is 2.12. The van der Waals surface area contributed by atoms with Gasteiger partial charge in [0.05, 0.1) is 6.61 Å². The Balaban J connectivity index is 2.71. The number of anilines is 2. The van der Waals surface area contributed by atoms with Crippen LogP contribution in [-0.4, -0.2) is 28.3 Å². The molecular formula is C9H12ClN5O2. The fourth-order valence-electron chi connectivity index (χ4n) is 0.915. The van der Waals surface area contributed by atoms with Gasteiger partial charge in [0.2, 0.25) is 5.95 Å². The van der Waals surface area contributed by atoms with Gasteiger partial charge in [-0.2, -0.15) is 10.1 Å². The van der Waals surface area contributed by atoms with E-state index >= 15 is 0 Å². The number of nitrogen functional groups attached to an aromatic ring is 1. The van der Waals surface area contributed by atoms with Crippen molar-refractivity contribution in [2.24, 2.45) is 5.10 Å². The van der Waals surface area contributed by atoms with Gasteiger partial charge in [-0.15, -0.1) is 0 Å². The molecule has 1 rings (SSSR count). The van der Waals surface area contributed by atoms with Crippen LogP contribution in [0.1, 0.15) is 13.8 Å². The molecule has 1 heterocycles. The smallest absolute Gasteiger partial charge is 0.354 e. The Labute approximate surface area is 103 Å². The van der Waals surface area contributed by atoms with E-state index in [4.69, 9.17) is 22.1 Å². The molecule has 0 aromatic carbocycles. The second-order valence-corrected chi connectivity index (χ2v) is 3.35. The summed E-state index contributed by atoms with van der Waals surface area (Å²) in [5.74, 6) is -0.191. The van der Waals surface area contributed by atoms with Gasteiger partial charge in [0, 0.05) is 6.07 Å². The predicted molar refractivity (Wildman–Crippen MR) is 64.8 cm³/mol. The van der Waals surface area contributed by atoms with Crippen LogP contribution in [0.25, 0.3) is 0 Å². The molecule has 0 fully saturated rings. The zero-order valence-corrected chi connectivity index (χ0v) is 10.2. The molecule has 3 N–H and O–H groups in total. The molecule has 7 nitrogen and oxygen atoms in total. The monoisotopic (exact) mass is 257 g/mol. The number of rotatable bonds is 4. The van der Waals surface area contributed by atoms with E-state index in [0.717, 1.165) is 0 Å². The molecular weight excluding hydrogens is 246 g/mol. The van der Waals surface area contributed by atoms with Gasteiger partial charge in [0.15, 0.2) is 5.82 Å². The summed E-state index contributed by atoms with van der Waals surface area (Å²) >= 11 is 5.67. The first-order chi connectivity index (χ1) is 8.02. The van der Waals surface area contributed by atoms with E-state index in [1.54, 1.807) is 6.92 Å². The molecule has 0 unspecified atom stereocenters. The number of esters is 1. The van der Waals surface area contributed by atoms with E-state index in [1.165, 1.54) is 13.0 Å². The van der Waals surface area contributed by atoms with E-state index in [2.05, 4.69) is 20.5 Å². The average Bonchev–Trinajstić information content (AvgIpc) is 2.25. The van der Waals surface area contributed by atoms with Gasteiger partial charge in [0.25, 0.3) is 0 Å². The summed E-state index contributed by atoms with van der Waals surface area (Å²) in [6, 6.07) is 1.43. The summed E-state index contributed by atoms with van der Waals surface area (Å²) in [5.41, 5.74) is 8.09. The number of hydrogen-bond donors (Lipinski definition) is 2. The van der Waals surface area contributed by atoms with Crippen molar-refractivity contribution in [1.82, 2.24) is 9.97 Å². The Hall–Kier alpha value is -1.89. The van der Waals surface area contributed by atoms with Gasteiger partial charge in [-0.1, -0.05) is 11.6 Å². The topological polar surface area (TPSA) is 102 Å². The lowest BCUT2D eigenvalue weighted by atomic mass is 10.4. The summed E-state index contributed by atoms with van der Waals surface area (Å²) in [7, 11) is 0. The fraction of sp³-hybridized carbons (Fsp3) is 0.333. The van der Waals surface area contributed by atoms with Crippen LogP contribution in [0.3, 0.4) is 0 Å². The first kappa shape index (κ1) is 13.2. The van der Waals surface area contributed by atoms with Crippen LogP contribution in [0.5, 0.6) is 0 Å². The lowest BCUT2D eigenvalue weighted by Gasteiger charge is -2.03. The van der Waals surface area contributed by atoms with Gasteiger partial charge in [-0.3, -0.25) is 5.43 Å². The van der Waals surface area contributed by atoms with E-state index in [-0.39, 0.29) is 23.4 Å². The van der Waals surface area contributed by atoms with Crippen molar-refractivity contribution in [3.05, 3.63) is 11.2 Å². The van der Waals surface area contributed by atoms with E-state index in [9.17, 15) is 4.79 Å². The largest absolute Gasteiger partial charge is 0.461 e. The van der Waals surface area contributed by atoms with Crippen molar-refractivity contribution in [2.75, 3.05) is 17.8 Å². The van der Waals surface area contributed by atoms with Gasteiger partial charge >= 0.3 is 5.97 Å². The van der Waals surface area contributed by atoms with Crippen molar-refractivity contribution < 1.29 is 9.53 Å². The van der Waals surface area contributed by atoms with Crippen molar-refractivity contribution in [3.63, 3.8) is 0 Å². The normalized spacial score (nSPS) is 11.1. The Morgan fingerprint density at radius 2 is 2.35 bits per heavy atom. The molecule has 0 aliphatic rings. The zero-order chi connectivity index (χ0) is 12.8. The molecule has 0 aliphatic carbocycles. The number of hydrazone groups is 1. The average molecular weight is 258 g/mol. The maximum Gasteiger partial charge on any atom is 0.354 e. The molecule has 0 bridgehead atoms. The van der Waals surface area contributed by atoms with E-state index < -0.39 is 5.97 Å². The number of aromatic nitrogens is 2. The standard InChI is InChI=1S/C9H12ClN5O2/c1-3-17-8(16)5(2)14-15-7-4-6(10)12-9(11)13-7/h4H,3H2,1-2H3,(H3,11,12,13,15). The molecule has 0 saturated carbocycles. The van der Waals surface area contributed by atoms with Crippen LogP contribution in [0, 0.1) is 0 Å². The SMILES string of the molecule is CCOC(=O)C(C)=NNc1cc(Cl)nc(N)n1. The van der Waals surface area contributed by atoms with Crippen molar-refractivity contribution in [2.45, 2.75) is 13.8 Å². The maximum absolute atomic E-state index is 11.2. The van der Waals surface area contributed by atoms with Crippen LogP contribution in [0.4, 0.5) is 11.8 Å². The summed E-state index contributed by atoms with van der Waals surface area (Å²) in [6.07, 6.45) is 0. The Bertz CT molecular complexity index is 429. The quantitative estimate of drug-likeness (QED) is 0.362. The number of halogens is 1. The van der Waals surface area contributed by atoms with Gasteiger partial charge in [-0.05, 0) is 13.8 Å². The molecule has 0 radical (unpaired) electrons. The van der Waals surface area contributed by atoms with Crippen LogP contribution < -0.4 is 11.2 Å². The molecule has 0 amide bonds. The second kappa shape index (κ2) is 6.00. The molecule has 17 heavy (non-hydrogen) atoms. The minimum Gasteiger partial charge on any atom is -0.461 e. The number of carbonyl (C=O) groups excluding carboxylic acids is 1.